The fourth-order valence-corrected chi connectivity index (χ4v) is 1.76. The van der Waals surface area contributed by atoms with Gasteiger partial charge < -0.3 is 11.1 Å². The summed E-state index contributed by atoms with van der Waals surface area (Å²) >= 11 is 0. The van der Waals surface area contributed by atoms with Gasteiger partial charge in [0.05, 0.1) is 6.54 Å². The predicted octanol–water partition coefficient (Wildman–Crippen LogP) is 2.04. The fraction of sp³-hybridized carbons (Fsp3) is 0.500. The lowest BCUT2D eigenvalue weighted by molar-refractivity contribution is -0.123. The molecule has 0 aliphatic rings. The molecule has 0 atom stereocenters. The molecular weight excluding hydrogens is 262 g/mol. The Hall–Kier alpha value is -1.26. The standard InChI is InChI=1S/C14H23N3O.ClH/c1-14(2,3)16-13(18)10-17(4)9-11-6-5-7-12(15)8-11;/h5-8H,9-10,15H2,1-4H3,(H,16,18);1H. The third-order valence-corrected chi connectivity index (χ3v) is 2.33. The molecule has 0 aliphatic carbocycles. The zero-order valence-corrected chi connectivity index (χ0v) is 12.9. The Balaban J connectivity index is 0.00000324. The van der Waals surface area contributed by atoms with Crippen molar-refractivity contribution in [3.05, 3.63) is 29.8 Å². The van der Waals surface area contributed by atoms with Crippen LogP contribution in [0.15, 0.2) is 24.3 Å². The van der Waals surface area contributed by atoms with Crippen molar-refractivity contribution in [2.75, 3.05) is 19.3 Å². The molecule has 1 amide bonds. The van der Waals surface area contributed by atoms with Crippen molar-refractivity contribution < 1.29 is 4.79 Å². The number of benzene rings is 1. The van der Waals surface area contributed by atoms with Crippen molar-refractivity contribution in [2.45, 2.75) is 32.9 Å². The van der Waals surface area contributed by atoms with Gasteiger partial charge in [-0.2, -0.15) is 0 Å². The van der Waals surface area contributed by atoms with Crippen LogP contribution in [0.2, 0.25) is 0 Å². The first-order chi connectivity index (χ1) is 8.26. The molecule has 108 valence electrons. The van der Waals surface area contributed by atoms with Gasteiger partial charge in [0.25, 0.3) is 0 Å². The molecule has 4 nitrogen and oxygen atoms in total. The van der Waals surface area contributed by atoms with Gasteiger partial charge in [0.2, 0.25) is 5.91 Å². The van der Waals surface area contributed by atoms with E-state index in [1.807, 2.05) is 57.0 Å². The number of nitrogens with zero attached hydrogens (tertiary/aromatic N) is 1. The molecule has 0 heterocycles. The van der Waals surface area contributed by atoms with Crippen LogP contribution in [0.25, 0.3) is 0 Å². The molecule has 0 bridgehead atoms. The van der Waals surface area contributed by atoms with E-state index in [1.54, 1.807) is 0 Å². The van der Waals surface area contributed by atoms with Crippen molar-refractivity contribution in [2.24, 2.45) is 0 Å². The summed E-state index contributed by atoms with van der Waals surface area (Å²) in [4.78, 5) is 13.7. The minimum absolute atomic E-state index is 0. The lowest BCUT2D eigenvalue weighted by atomic mass is 10.1. The SMILES string of the molecule is CN(CC(=O)NC(C)(C)C)Cc1cccc(N)c1.Cl. The first kappa shape index (κ1) is 17.7. The normalized spacial score (nSPS) is 11.0. The van der Waals surface area contributed by atoms with Crippen molar-refractivity contribution in [3.8, 4) is 0 Å². The number of carbonyl (C=O) groups excluding carboxylic acids is 1. The van der Waals surface area contributed by atoms with Gasteiger partial charge in [-0.05, 0) is 45.5 Å². The number of halogens is 1. The smallest absolute Gasteiger partial charge is 0.234 e. The maximum atomic E-state index is 11.7. The number of nitrogen functional groups attached to an aromatic ring is 1. The summed E-state index contributed by atoms with van der Waals surface area (Å²) < 4.78 is 0. The number of likely N-dealkylation sites (N-methyl/N-ethyl adjacent to an activating group) is 1. The molecule has 19 heavy (non-hydrogen) atoms. The number of hydrogen-bond acceptors (Lipinski definition) is 3. The first-order valence-electron chi connectivity index (χ1n) is 6.10. The molecule has 1 aromatic rings. The summed E-state index contributed by atoms with van der Waals surface area (Å²) in [6.07, 6.45) is 0. The molecule has 0 spiro atoms. The Labute approximate surface area is 121 Å². The number of rotatable bonds is 4. The van der Waals surface area contributed by atoms with Gasteiger partial charge in [-0.25, -0.2) is 0 Å². The van der Waals surface area contributed by atoms with Gasteiger partial charge in [0, 0.05) is 17.8 Å². The van der Waals surface area contributed by atoms with Crippen LogP contribution >= 0.6 is 12.4 Å². The molecule has 1 rings (SSSR count). The van der Waals surface area contributed by atoms with E-state index < -0.39 is 0 Å². The zero-order chi connectivity index (χ0) is 13.8. The third-order valence-electron chi connectivity index (χ3n) is 2.33. The van der Waals surface area contributed by atoms with E-state index in [2.05, 4.69) is 5.32 Å². The number of nitrogens with one attached hydrogen (secondary N) is 1. The predicted molar refractivity (Wildman–Crippen MR) is 82.3 cm³/mol. The van der Waals surface area contributed by atoms with Crippen LogP contribution in [0.3, 0.4) is 0 Å². The summed E-state index contributed by atoms with van der Waals surface area (Å²) in [5.41, 5.74) is 7.40. The van der Waals surface area contributed by atoms with Gasteiger partial charge in [0.1, 0.15) is 0 Å². The highest BCUT2D eigenvalue weighted by Crippen LogP contribution is 2.08. The summed E-state index contributed by atoms with van der Waals surface area (Å²) in [6.45, 7) is 7.02. The van der Waals surface area contributed by atoms with Crippen molar-refractivity contribution in [3.63, 3.8) is 0 Å². The van der Waals surface area contributed by atoms with Crippen LogP contribution in [-0.4, -0.2) is 29.9 Å². The average Bonchev–Trinajstić information content (AvgIpc) is 2.13. The van der Waals surface area contributed by atoms with Crippen molar-refractivity contribution in [1.82, 2.24) is 10.2 Å². The molecule has 0 radical (unpaired) electrons. The van der Waals surface area contributed by atoms with Gasteiger partial charge in [-0.1, -0.05) is 12.1 Å². The lowest BCUT2D eigenvalue weighted by Crippen LogP contribution is -2.45. The second-order valence-electron chi connectivity index (χ2n) is 5.72. The second-order valence-corrected chi connectivity index (χ2v) is 5.72. The zero-order valence-electron chi connectivity index (χ0n) is 12.1. The quantitative estimate of drug-likeness (QED) is 0.833. The number of nitrogens with two attached hydrogens (primary N) is 1. The minimum Gasteiger partial charge on any atom is -0.399 e. The molecule has 1 aromatic carbocycles. The maximum absolute atomic E-state index is 11.7. The molecule has 0 unspecified atom stereocenters. The topological polar surface area (TPSA) is 58.4 Å². The maximum Gasteiger partial charge on any atom is 0.234 e. The number of anilines is 1. The molecule has 0 aliphatic heterocycles. The highest BCUT2D eigenvalue weighted by molar-refractivity contribution is 5.85. The number of amides is 1. The van der Waals surface area contributed by atoms with Gasteiger partial charge in [0.15, 0.2) is 0 Å². The number of hydrogen-bond donors (Lipinski definition) is 2. The second kappa shape index (κ2) is 7.36. The van der Waals surface area contributed by atoms with Gasteiger partial charge in [-0.3, -0.25) is 9.69 Å². The Morgan fingerprint density at radius 3 is 2.53 bits per heavy atom. The third kappa shape index (κ3) is 7.70. The number of carbonyl (C=O) groups is 1. The molecule has 0 saturated heterocycles. The van der Waals surface area contributed by atoms with E-state index in [1.165, 1.54) is 0 Å². The van der Waals surface area contributed by atoms with Crippen LogP contribution in [-0.2, 0) is 11.3 Å². The van der Waals surface area contributed by atoms with Gasteiger partial charge >= 0.3 is 0 Å². The minimum atomic E-state index is -0.185. The molecule has 0 saturated carbocycles. The van der Waals surface area contributed by atoms with E-state index in [4.69, 9.17) is 5.73 Å². The summed E-state index contributed by atoms with van der Waals surface area (Å²) in [5, 5.41) is 2.94. The summed E-state index contributed by atoms with van der Waals surface area (Å²) in [6, 6.07) is 7.72. The van der Waals surface area contributed by atoms with Crippen molar-refractivity contribution in [1.29, 1.82) is 0 Å². The fourth-order valence-electron chi connectivity index (χ4n) is 1.76. The Bertz CT molecular complexity index is 415. The van der Waals surface area contributed by atoms with Gasteiger partial charge in [-0.15, -0.1) is 12.4 Å². The van der Waals surface area contributed by atoms with E-state index in [-0.39, 0.29) is 23.9 Å². The average molecular weight is 286 g/mol. The van der Waals surface area contributed by atoms with E-state index >= 15 is 0 Å². The molecule has 0 fully saturated rings. The van der Waals surface area contributed by atoms with E-state index in [0.717, 1.165) is 11.3 Å². The van der Waals surface area contributed by atoms with Crippen molar-refractivity contribution >= 4 is 24.0 Å². The summed E-state index contributed by atoms with van der Waals surface area (Å²) in [7, 11) is 1.92. The van der Waals surface area contributed by atoms with Crippen LogP contribution in [0.4, 0.5) is 5.69 Å². The largest absolute Gasteiger partial charge is 0.399 e. The molecule has 5 heteroatoms. The first-order valence-corrected chi connectivity index (χ1v) is 6.10. The monoisotopic (exact) mass is 285 g/mol. The van der Waals surface area contributed by atoms with E-state index in [0.29, 0.717) is 13.1 Å². The van der Waals surface area contributed by atoms with Crippen LogP contribution in [0, 0.1) is 0 Å². The Kier molecular flexibility index (Phi) is 6.87. The summed E-state index contributed by atoms with van der Waals surface area (Å²) in [5.74, 6) is 0.0360. The highest BCUT2D eigenvalue weighted by Gasteiger charge is 2.15. The molecule has 3 N–H and O–H groups in total. The lowest BCUT2D eigenvalue weighted by Gasteiger charge is -2.23. The van der Waals surface area contributed by atoms with E-state index in [9.17, 15) is 4.79 Å². The van der Waals surface area contributed by atoms with Crippen LogP contribution in [0.1, 0.15) is 26.3 Å². The molecule has 0 aromatic heterocycles. The molecular formula is C14H24ClN3O. The Morgan fingerprint density at radius 2 is 2.00 bits per heavy atom. The Morgan fingerprint density at radius 1 is 1.37 bits per heavy atom. The van der Waals surface area contributed by atoms with Crippen LogP contribution < -0.4 is 11.1 Å². The van der Waals surface area contributed by atoms with Crippen LogP contribution in [0.5, 0.6) is 0 Å². The highest BCUT2D eigenvalue weighted by atomic mass is 35.5.